The molecule has 1 aromatic carbocycles. The van der Waals surface area contributed by atoms with Gasteiger partial charge in [-0.1, -0.05) is 12.1 Å². The number of aryl methyl sites for hydroxylation is 1. The van der Waals surface area contributed by atoms with E-state index in [2.05, 4.69) is 24.0 Å². The molecule has 1 aliphatic carbocycles. The van der Waals surface area contributed by atoms with Crippen LogP contribution in [0.25, 0.3) is 0 Å². The molecule has 0 bridgehead atoms. The molecular weight excluding hydrogens is 248 g/mol. The van der Waals surface area contributed by atoms with Crippen molar-refractivity contribution in [2.45, 2.75) is 38.6 Å². The number of anilines is 1. The van der Waals surface area contributed by atoms with Gasteiger partial charge < -0.3 is 10.5 Å². The minimum absolute atomic E-state index is 0.705. The Kier molecular flexibility index (Phi) is 5.86. The van der Waals surface area contributed by atoms with Crippen LogP contribution in [0.2, 0.25) is 0 Å². The van der Waals surface area contributed by atoms with Gasteiger partial charge in [0.2, 0.25) is 0 Å². The van der Waals surface area contributed by atoms with Crippen molar-refractivity contribution in [1.29, 1.82) is 0 Å². The highest BCUT2D eigenvalue weighted by Crippen LogP contribution is 2.35. The monoisotopic (exact) mass is 276 g/mol. The number of rotatable bonds is 9. The van der Waals surface area contributed by atoms with Crippen molar-refractivity contribution < 1.29 is 4.74 Å². The van der Waals surface area contributed by atoms with Crippen LogP contribution in [0.5, 0.6) is 0 Å². The van der Waals surface area contributed by atoms with Crippen molar-refractivity contribution in [3.8, 4) is 0 Å². The normalized spacial score (nSPS) is 16.6. The fraction of sp³-hybridized carbons (Fsp3) is 0.647. The summed E-state index contributed by atoms with van der Waals surface area (Å²) in [7, 11) is 1.79. The molecule has 0 aliphatic heterocycles. The highest BCUT2D eigenvalue weighted by atomic mass is 16.5. The molecule has 3 nitrogen and oxygen atoms in total. The van der Waals surface area contributed by atoms with E-state index < -0.39 is 0 Å². The van der Waals surface area contributed by atoms with E-state index >= 15 is 0 Å². The van der Waals surface area contributed by atoms with Gasteiger partial charge >= 0.3 is 0 Å². The van der Waals surface area contributed by atoms with Gasteiger partial charge in [-0.25, -0.2) is 0 Å². The van der Waals surface area contributed by atoms with Gasteiger partial charge in [0.05, 0.1) is 6.61 Å². The maximum Gasteiger partial charge on any atom is 0.0589 e. The van der Waals surface area contributed by atoms with Crippen LogP contribution >= 0.6 is 0 Å². The third-order valence-electron chi connectivity index (χ3n) is 4.35. The molecule has 20 heavy (non-hydrogen) atoms. The van der Waals surface area contributed by atoms with Crippen LogP contribution < -0.4 is 5.73 Å². The fourth-order valence-corrected chi connectivity index (χ4v) is 2.77. The molecule has 3 heteroatoms. The van der Waals surface area contributed by atoms with Crippen LogP contribution in [0.1, 0.15) is 31.7 Å². The minimum Gasteiger partial charge on any atom is -0.399 e. The van der Waals surface area contributed by atoms with Crippen LogP contribution in [0, 0.1) is 5.92 Å². The Morgan fingerprint density at radius 2 is 1.95 bits per heavy atom. The molecule has 1 fully saturated rings. The number of benzene rings is 1. The van der Waals surface area contributed by atoms with E-state index in [1.54, 1.807) is 7.11 Å². The highest BCUT2D eigenvalue weighted by molar-refractivity contribution is 5.39. The Morgan fingerprint density at radius 1 is 1.25 bits per heavy atom. The zero-order chi connectivity index (χ0) is 14.4. The standard InChI is InChI=1S/C17H28N2O/c1-14(16-7-8-16)19(12-13-20-2)11-3-4-15-5-9-17(18)10-6-15/h5-6,9-10,14,16H,3-4,7-8,11-13,18H2,1-2H3. The fourth-order valence-electron chi connectivity index (χ4n) is 2.77. The number of ether oxygens (including phenoxy) is 1. The molecule has 0 aromatic heterocycles. The first-order chi connectivity index (χ1) is 9.70. The van der Waals surface area contributed by atoms with Gasteiger partial charge in [0.1, 0.15) is 0 Å². The first-order valence-electron chi connectivity index (χ1n) is 7.78. The molecule has 1 aliphatic rings. The molecular formula is C17H28N2O. The summed E-state index contributed by atoms with van der Waals surface area (Å²) in [6, 6.07) is 8.96. The van der Waals surface area contributed by atoms with E-state index in [0.717, 1.165) is 37.7 Å². The zero-order valence-corrected chi connectivity index (χ0v) is 12.8. The van der Waals surface area contributed by atoms with Crippen molar-refractivity contribution in [3.05, 3.63) is 29.8 Å². The van der Waals surface area contributed by atoms with Crippen LogP contribution in [-0.2, 0) is 11.2 Å². The third-order valence-corrected chi connectivity index (χ3v) is 4.35. The first kappa shape index (κ1) is 15.3. The van der Waals surface area contributed by atoms with Crippen LogP contribution in [0.15, 0.2) is 24.3 Å². The van der Waals surface area contributed by atoms with Crippen LogP contribution in [0.4, 0.5) is 5.69 Å². The predicted molar refractivity (Wildman–Crippen MR) is 84.8 cm³/mol. The molecule has 2 N–H and O–H groups in total. The Morgan fingerprint density at radius 3 is 2.55 bits per heavy atom. The van der Waals surface area contributed by atoms with E-state index in [-0.39, 0.29) is 0 Å². The van der Waals surface area contributed by atoms with E-state index in [1.165, 1.54) is 24.8 Å². The number of nitrogens with two attached hydrogens (primary N) is 1. The van der Waals surface area contributed by atoms with Crippen molar-refractivity contribution in [2.75, 3.05) is 32.5 Å². The predicted octanol–water partition coefficient (Wildman–Crippen LogP) is 2.95. The Balaban J connectivity index is 1.76. The number of nitrogen functional groups attached to an aromatic ring is 1. The number of nitrogens with zero attached hydrogens (tertiary/aromatic N) is 1. The van der Waals surface area contributed by atoms with Crippen molar-refractivity contribution in [3.63, 3.8) is 0 Å². The van der Waals surface area contributed by atoms with Gasteiger partial charge in [-0.05, 0) is 62.8 Å². The van der Waals surface area contributed by atoms with E-state index in [4.69, 9.17) is 10.5 Å². The van der Waals surface area contributed by atoms with Gasteiger partial charge in [0, 0.05) is 25.4 Å². The molecule has 1 aromatic rings. The second-order valence-electron chi connectivity index (χ2n) is 5.95. The zero-order valence-electron chi connectivity index (χ0n) is 12.8. The van der Waals surface area contributed by atoms with Gasteiger partial charge in [-0.15, -0.1) is 0 Å². The lowest BCUT2D eigenvalue weighted by Gasteiger charge is -2.29. The second kappa shape index (κ2) is 7.65. The van der Waals surface area contributed by atoms with Crippen LogP contribution in [-0.4, -0.2) is 37.7 Å². The molecule has 1 unspecified atom stereocenters. The molecule has 112 valence electrons. The molecule has 0 heterocycles. The van der Waals surface area contributed by atoms with Gasteiger partial charge in [-0.3, -0.25) is 4.90 Å². The summed E-state index contributed by atoms with van der Waals surface area (Å²) < 4.78 is 5.24. The quantitative estimate of drug-likeness (QED) is 0.705. The minimum atomic E-state index is 0.705. The summed E-state index contributed by atoms with van der Waals surface area (Å²) in [6.45, 7) is 5.41. The lowest BCUT2D eigenvalue weighted by Crippen LogP contribution is -2.38. The van der Waals surface area contributed by atoms with Crippen molar-refractivity contribution in [1.82, 2.24) is 4.90 Å². The molecule has 1 atom stereocenters. The Labute approximate surface area is 123 Å². The summed E-state index contributed by atoms with van der Waals surface area (Å²) in [5, 5.41) is 0. The van der Waals surface area contributed by atoms with Crippen LogP contribution in [0.3, 0.4) is 0 Å². The SMILES string of the molecule is COCCN(CCCc1ccc(N)cc1)C(C)C1CC1. The summed E-state index contributed by atoms with van der Waals surface area (Å²) in [4.78, 5) is 2.60. The Bertz CT molecular complexity index is 386. The second-order valence-corrected chi connectivity index (χ2v) is 5.95. The summed E-state index contributed by atoms with van der Waals surface area (Å²) in [5.41, 5.74) is 7.94. The lowest BCUT2D eigenvalue weighted by atomic mass is 10.1. The first-order valence-corrected chi connectivity index (χ1v) is 7.78. The molecule has 0 amide bonds. The average molecular weight is 276 g/mol. The molecule has 0 radical (unpaired) electrons. The number of hydrogen-bond donors (Lipinski definition) is 1. The summed E-state index contributed by atoms with van der Waals surface area (Å²) in [6.07, 6.45) is 5.14. The smallest absolute Gasteiger partial charge is 0.0589 e. The largest absolute Gasteiger partial charge is 0.399 e. The van der Waals surface area contributed by atoms with Crippen molar-refractivity contribution in [2.24, 2.45) is 5.92 Å². The Hall–Kier alpha value is -1.06. The molecule has 2 rings (SSSR count). The molecule has 0 spiro atoms. The maximum atomic E-state index is 5.72. The molecule has 0 saturated heterocycles. The maximum absolute atomic E-state index is 5.72. The van der Waals surface area contributed by atoms with Gasteiger partial charge in [0.25, 0.3) is 0 Å². The molecule has 1 saturated carbocycles. The van der Waals surface area contributed by atoms with E-state index in [1.807, 2.05) is 12.1 Å². The number of methoxy groups -OCH3 is 1. The highest BCUT2D eigenvalue weighted by Gasteiger charge is 2.31. The lowest BCUT2D eigenvalue weighted by molar-refractivity contribution is 0.116. The van der Waals surface area contributed by atoms with Gasteiger partial charge in [-0.2, -0.15) is 0 Å². The summed E-state index contributed by atoms with van der Waals surface area (Å²) in [5.74, 6) is 0.920. The van der Waals surface area contributed by atoms with Crippen molar-refractivity contribution >= 4 is 5.69 Å². The van der Waals surface area contributed by atoms with Gasteiger partial charge in [0.15, 0.2) is 0 Å². The third kappa shape index (κ3) is 4.80. The van der Waals surface area contributed by atoms with E-state index in [9.17, 15) is 0 Å². The summed E-state index contributed by atoms with van der Waals surface area (Å²) >= 11 is 0. The average Bonchev–Trinajstić information content (AvgIpc) is 3.28. The topological polar surface area (TPSA) is 38.5 Å². The number of hydrogen-bond acceptors (Lipinski definition) is 3. The van der Waals surface area contributed by atoms with E-state index in [0.29, 0.717) is 6.04 Å².